The van der Waals surface area contributed by atoms with E-state index in [9.17, 15) is 9.59 Å². The third-order valence-electron chi connectivity index (χ3n) is 5.73. The van der Waals surface area contributed by atoms with Gasteiger partial charge in [-0.3, -0.25) is 18.6 Å². The van der Waals surface area contributed by atoms with Crippen molar-refractivity contribution in [3.05, 3.63) is 75.3 Å². The Morgan fingerprint density at radius 3 is 2.58 bits per heavy atom. The largest absolute Gasteiger partial charge is 0.356 e. The number of halogens is 1. The smallest absolute Gasteiger partial charge is 0.262 e. The Balaban J connectivity index is 1.50. The lowest BCUT2D eigenvalue weighted by atomic mass is 10.1. The van der Waals surface area contributed by atoms with E-state index in [-0.39, 0.29) is 11.5 Å². The maximum Gasteiger partial charge on any atom is 0.262 e. The number of fused-ring (bicyclic) bond motifs is 3. The quantitative estimate of drug-likeness (QED) is 0.404. The summed E-state index contributed by atoms with van der Waals surface area (Å²) >= 11 is 5.91. The number of carbonyl (C=O) groups excluding carboxylic acids is 1. The molecule has 2 aromatic heterocycles. The lowest BCUT2D eigenvalue weighted by molar-refractivity contribution is -0.121. The van der Waals surface area contributed by atoms with Crippen LogP contribution in [0.3, 0.4) is 0 Å². The second kappa shape index (κ2) is 10.2. The van der Waals surface area contributed by atoms with Gasteiger partial charge in [0.15, 0.2) is 0 Å². The summed E-state index contributed by atoms with van der Waals surface area (Å²) in [6, 6.07) is 15.1. The highest BCUT2D eigenvalue weighted by molar-refractivity contribution is 6.30. The minimum atomic E-state index is -0.0577. The fourth-order valence-electron chi connectivity index (χ4n) is 3.88. The third kappa shape index (κ3) is 5.25. The van der Waals surface area contributed by atoms with Crippen LogP contribution in [0.1, 0.15) is 38.1 Å². The fraction of sp³-hybridized carbons (Fsp3) is 0.360. The van der Waals surface area contributed by atoms with Crippen molar-refractivity contribution in [2.75, 3.05) is 6.54 Å². The van der Waals surface area contributed by atoms with Crippen molar-refractivity contribution in [2.45, 2.75) is 46.1 Å². The Bertz CT molecular complexity index is 1320. The maximum atomic E-state index is 13.1. The Kier molecular flexibility index (Phi) is 7.08. The molecule has 1 amide bonds. The zero-order chi connectivity index (χ0) is 23.4. The number of aromatic nitrogens is 4. The lowest BCUT2D eigenvalue weighted by Crippen LogP contribution is -2.26. The number of rotatable bonds is 9. The van der Waals surface area contributed by atoms with E-state index in [1.54, 1.807) is 4.57 Å². The first-order chi connectivity index (χ1) is 15.9. The summed E-state index contributed by atoms with van der Waals surface area (Å²) in [5, 5.41) is 13.0. The Morgan fingerprint density at radius 2 is 1.82 bits per heavy atom. The molecule has 0 atom stereocenters. The van der Waals surface area contributed by atoms with Crippen molar-refractivity contribution in [3.8, 4) is 0 Å². The summed E-state index contributed by atoms with van der Waals surface area (Å²) in [6.45, 7) is 5.39. The van der Waals surface area contributed by atoms with Crippen molar-refractivity contribution in [3.63, 3.8) is 0 Å². The van der Waals surface area contributed by atoms with Crippen LogP contribution in [0.15, 0.2) is 53.3 Å². The molecule has 4 rings (SSSR count). The van der Waals surface area contributed by atoms with E-state index < -0.39 is 0 Å². The highest BCUT2D eigenvalue weighted by Crippen LogP contribution is 2.16. The second-order valence-corrected chi connectivity index (χ2v) is 9.07. The van der Waals surface area contributed by atoms with Crippen LogP contribution in [0, 0.1) is 5.92 Å². The first kappa shape index (κ1) is 23.0. The van der Waals surface area contributed by atoms with Gasteiger partial charge in [0.1, 0.15) is 5.82 Å². The molecule has 0 aliphatic carbocycles. The monoisotopic (exact) mass is 465 g/mol. The third-order valence-corrected chi connectivity index (χ3v) is 5.98. The van der Waals surface area contributed by atoms with Gasteiger partial charge < -0.3 is 5.32 Å². The average molecular weight is 466 g/mol. The zero-order valence-electron chi connectivity index (χ0n) is 18.9. The highest BCUT2D eigenvalue weighted by Gasteiger charge is 2.17. The molecule has 4 aromatic rings. The normalized spacial score (nSPS) is 11.5. The van der Waals surface area contributed by atoms with Gasteiger partial charge in [-0.25, -0.2) is 0 Å². The van der Waals surface area contributed by atoms with Crippen LogP contribution in [-0.2, 0) is 24.2 Å². The molecular formula is C25H28ClN5O2. The summed E-state index contributed by atoms with van der Waals surface area (Å²) in [6.07, 6.45) is 2.33. The number of benzene rings is 2. The molecule has 0 bridgehead atoms. The number of nitrogens with zero attached hydrogens (tertiary/aromatic N) is 4. The minimum absolute atomic E-state index is 0.0434. The Morgan fingerprint density at radius 1 is 1.06 bits per heavy atom. The molecule has 0 unspecified atom stereocenters. The van der Waals surface area contributed by atoms with Gasteiger partial charge in [0.25, 0.3) is 5.56 Å². The van der Waals surface area contributed by atoms with E-state index in [0.29, 0.717) is 53.9 Å². The van der Waals surface area contributed by atoms with Crippen molar-refractivity contribution in [1.82, 2.24) is 24.5 Å². The van der Waals surface area contributed by atoms with Crippen LogP contribution in [0.2, 0.25) is 5.02 Å². The first-order valence-electron chi connectivity index (χ1n) is 11.3. The lowest BCUT2D eigenvalue weighted by Gasteiger charge is -2.12. The van der Waals surface area contributed by atoms with E-state index in [0.717, 1.165) is 23.9 Å². The number of hydrogen-bond donors (Lipinski definition) is 1. The molecule has 0 fully saturated rings. The molecule has 8 heteroatoms. The van der Waals surface area contributed by atoms with E-state index in [1.807, 2.05) is 52.9 Å². The molecule has 0 radical (unpaired) electrons. The van der Waals surface area contributed by atoms with Crippen molar-refractivity contribution in [2.24, 2.45) is 5.92 Å². The molecule has 0 aliphatic rings. The molecule has 2 heterocycles. The molecule has 172 valence electrons. The van der Waals surface area contributed by atoms with Crippen molar-refractivity contribution >= 4 is 34.2 Å². The van der Waals surface area contributed by atoms with Crippen LogP contribution in [-0.4, -0.2) is 31.6 Å². The van der Waals surface area contributed by atoms with Crippen LogP contribution >= 0.6 is 11.6 Å². The van der Waals surface area contributed by atoms with E-state index in [4.69, 9.17) is 11.6 Å². The molecule has 0 aliphatic heterocycles. The number of hydrogen-bond acceptors (Lipinski definition) is 4. The molecular weight excluding hydrogens is 438 g/mol. The molecule has 2 aromatic carbocycles. The first-order valence-corrected chi connectivity index (χ1v) is 11.7. The van der Waals surface area contributed by atoms with Crippen molar-refractivity contribution in [1.29, 1.82) is 0 Å². The standard InChI is InChI=1S/C25H28ClN5O2/c1-17(2)14-16-30-24(33)20-5-3-4-6-21(20)31-22(28-29-25(30)31)11-12-23(32)27-15-13-18-7-9-19(26)10-8-18/h3-10,17H,11-16H2,1-2H3,(H,27,32). The number of carbonyl (C=O) groups is 1. The summed E-state index contributed by atoms with van der Waals surface area (Å²) in [4.78, 5) is 25.5. The minimum Gasteiger partial charge on any atom is -0.356 e. The molecule has 1 N–H and O–H groups in total. The average Bonchev–Trinajstić information content (AvgIpc) is 3.23. The van der Waals surface area contributed by atoms with Crippen LogP contribution in [0.25, 0.3) is 16.7 Å². The summed E-state index contributed by atoms with van der Waals surface area (Å²) < 4.78 is 3.61. The van der Waals surface area contributed by atoms with Gasteiger partial charge in [-0.05, 0) is 48.6 Å². The predicted molar refractivity (Wildman–Crippen MR) is 131 cm³/mol. The number of para-hydroxylation sites is 1. The molecule has 33 heavy (non-hydrogen) atoms. The fourth-order valence-corrected chi connectivity index (χ4v) is 4.00. The predicted octanol–water partition coefficient (Wildman–Crippen LogP) is 4.04. The van der Waals surface area contributed by atoms with Gasteiger partial charge >= 0.3 is 0 Å². The molecule has 0 saturated carbocycles. The number of amides is 1. The number of nitrogens with one attached hydrogen (secondary N) is 1. The van der Waals surface area contributed by atoms with Crippen LogP contribution in [0.5, 0.6) is 0 Å². The van der Waals surface area contributed by atoms with Gasteiger partial charge in [0.05, 0.1) is 10.9 Å². The van der Waals surface area contributed by atoms with Gasteiger partial charge in [0.2, 0.25) is 11.7 Å². The van der Waals surface area contributed by atoms with Gasteiger partial charge in [-0.2, -0.15) is 0 Å². The highest BCUT2D eigenvalue weighted by atomic mass is 35.5. The van der Waals surface area contributed by atoms with E-state index in [1.165, 1.54) is 0 Å². The summed E-state index contributed by atoms with van der Waals surface area (Å²) in [5.41, 5.74) is 1.83. The molecule has 0 spiro atoms. The Hall–Kier alpha value is -3.19. The number of aryl methyl sites for hydroxylation is 2. The Labute approximate surface area is 197 Å². The van der Waals surface area contributed by atoms with E-state index in [2.05, 4.69) is 29.4 Å². The summed E-state index contributed by atoms with van der Waals surface area (Å²) in [7, 11) is 0. The van der Waals surface area contributed by atoms with Gasteiger partial charge in [-0.15, -0.1) is 10.2 Å². The van der Waals surface area contributed by atoms with Gasteiger partial charge in [-0.1, -0.05) is 49.7 Å². The van der Waals surface area contributed by atoms with Crippen molar-refractivity contribution < 1.29 is 4.79 Å². The molecule has 7 nitrogen and oxygen atoms in total. The van der Waals surface area contributed by atoms with Crippen LogP contribution < -0.4 is 10.9 Å². The van der Waals surface area contributed by atoms with E-state index >= 15 is 0 Å². The van der Waals surface area contributed by atoms with Gasteiger partial charge in [0, 0.05) is 31.0 Å². The SMILES string of the molecule is CC(C)CCn1c(=O)c2ccccc2n2c(CCC(=O)NCCc3ccc(Cl)cc3)nnc12. The zero-order valence-corrected chi connectivity index (χ0v) is 19.7. The van der Waals surface area contributed by atoms with Crippen LogP contribution in [0.4, 0.5) is 0 Å². The maximum absolute atomic E-state index is 13.1. The molecule has 0 saturated heterocycles. The second-order valence-electron chi connectivity index (χ2n) is 8.63. The summed E-state index contributed by atoms with van der Waals surface area (Å²) in [5.74, 6) is 1.62. The topological polar surface area (TPSA) is 81.3 Å².